The third-order valence-electron chi connectivity index (χ3n) is 2.82. The average Bonchev–Trinajstić information content (AvgIpc) is 2.81. The summed E-state index contributed by atoms with van der Waals surface area (Å²) in [6, 6.07) is 0.309. The van der Waals surface area contributed by atoms with Crippen LogP contribution in [0.25, 0.3) is 0 Å². The number of nitrogens with one attached hydrogen (secondary N) is 2. The van der Waals surface area contributed by atoms with Gasteiger partial charge >= 0.3 is 0 Å². The van der Waals surface area contributed by atoms with Gasteiger partial charge in [0.05, 0.1) is 6.33 Å². The lowest BCUT2D eigenvalue weighted by Crippen LogP contribution is -2.45. The third kappa shape index (κ3) is 3.34. The summed E-state index contributed by atoms with van der Waals surface area (Å²) in [5.41, 5.74) is 0. The minimum Gasteiger partial charge on any atom is -0.352 e. The first-order chi connectivity index (χ1) is 7.84. The van der Waals surface area contributed by atoms with Gasteiger partial charge in [0, 0.05) is 37.9 Å². The molecule has 0 unspecified atom stereocenters. The molecule has 1 aromatic heterocycles. The number of nitrogens with zero attached hydrogens (tertiary/aromatic N) is 2. The predicted octanol–water partition coefficient (Wildman–Crippen LogP) is 0.141. The lowest BCUT2D eigenvalue weighted by molar-refractivity contribution is -0.122. The Hall–Kier alpha value is -1.36. The van der Waals surface area contributed by atoms with E-state index in [4.69, 9.17) is 0 Å². The summed E-state index contributed by atoms with van der Waals surface area (Å²) in [5, 5.41) is 6.33. The van der Waals surface area contributed by atoms with Gasteiger partial charge < -0.3 is 15.2 Å². The Balaban J connectivity index is 1.67. The van der Waals surface area contributed by atoms with E-state index < -0.39 is 0 Å². The zero-order valence-electron chi connectivity index (χ0n) is 9.35. The maximum Gasteiger partial charge on any atom is 0.222 e. The summed E-state index contributed by atoms with van der Waals surface area (Å²) in [6.45, 7) is 2.67. The van der Waals surface area contributed by atoms with Crippen molar-refractivity contribution < 1.29 is 4.79 Å². The molecule has 5 heteroatoms. The van der Waals surface area contributed by atoms with E-state index in [-0.39, 0.29) is 5.91 Å². The van der Waals surface area contributed by atoms with E-state index in [2.05, 4.69) is 15.6 Å². The van der Waals surface area contributed by atoms with Crippen molar-refractivity contribution >= 4 is 5.91 Å². The Bertz CT molecular complexity index is 317. The average molecular weight is 222 g/mol. The molecule has 0 aliphatic carbocycles. The number of rotatable bonds is 4. The molecular formula is C11H18N4O. The van der Waals surface area contributed by atoms with Crippen LogP contribution in [-0.2, 0) is 11.3 Å². The Morgan fingerprint density at radius 1 is 1.62 bits per heavy atom. The SMILES string of the molecule is O=C(CCn1ccnc1)N[C@H]1CCCNC1. The molecule has 2 rings (SSSR count). The molecule has 2 heterocycles. The standard InChI is InChI=1S/C11H18N4O/c16-11(3-6-15-7-5-13-9-15)14-10-2-1-4-12-8-10/h5,7,9-10,12H,1-4,6,8H2,(H,14,16)/t10-/m0/s1. The fourth-order valence-corrected chi connectivity index (χ4v) is 1.92. The second-order valence-corrected chi connectivity index (χ2v) is 4.16. The van der Waals surface area contributed by atoms with E-state index in [0.29, 0.717) is 19.0 Å². The Morgan fingerprint density at radius 2 is 2.56 bits per heavy atom. The molecule has 88 valence electrons. The normalized spacial score (nSPS) is 20.6. The first kappa shape index (κ1) is 11.1. The molecule has 1 aliphatic rings. The van der Waals surface area contributed by atoms with Crippen molar-refractivity contribution in [1.29, 1.82) is 0 Å². The van der Waals surface area contributed by atoms with E-state index >= 15 is 0 Å². The second kappa shape index (κ2) is 5.65. The number of carbonyl (C=O) groups excluding carboxylic acids is 1. The maximum absolute atomic E-state index is 11.6. The first-order valence-electron chi connectivity index (χ1n) is 5.80. The molecule has 0 aromatic carbocycles. The zero-order valence-corrected chi connectivity index (χ0v) is 9.35. The van der Waals surface area contributed by atoms with Crippen molar-refractivity contribution in [3.63, 3.8) is 0 Å². The number of piperidine rings is 1. The van der Waals surface area contributed by atoms with Gasteiger partial charge in [0.2, 0.25) is 5.91 Å². The Kier molecular flexibility index (Phi) is 3.93. The highest BCUT2D eigenvalue weighted by atomic mass is 16.1. The number of amides is 1. The molecule has 1 aliphatic heterocycles. The minimum absolute atomic E-state index is 0.127. The fraction of sp³-hybridized carbons (Fsp3) is 0.636. The molecule has 1 saturated heterocycles. The van der Waals surface area contributed by atoms with Crippen molar-refractivity contribution in [3.8, 4) is 0 Å². The molecule has 1 aromatic rings. The van der Waals surface area contributed by atoms with Gasteiger partial charge in [-0.05, 0) is 19.4 Å². The molecular weight excluding hydrogens is 204 g/mol. The van der Waals surface area contributed by atoms with Gasteiger partial charge in [0.15, 0.2) is 0 Å². The molecule has 5 nitrogen and oxygen atoms in total. The van der Waals surface area contributed by atoms with Gasteiger partial charge in [0.25, 0.3) is 0 Å². The summed E-state index contributed by atoms with van der Waals surface area (Å²) in [5.74, 6) is 0.127. The number of hydrogen-bond donors (Lipinski definition) is 2. The summed E-state index contributed by atoms with van der Waals surface area (Å²) in [6.07, 6.45) is 8.08. The number of imidazole rings is 1. The smallest absolute Gasteiger partial charge is 0.222 e. The van der Waals surface area contributed by atoms with Crippen molar-refractivity contribution in [2.24, 2.45) is 0 Å². The van der Waals surface area contributed by atoms with Gasteiger partial charge in [-0.1, -0.05) is 0 Å². The molecule has 2 N–H and O–H groups in total. The molecule has 1 amide bonds. The van der Waals surface area contributed by atoms with Crippen molar-refractivity contribution in [3.05, 3.63) is 18.7 Å². The second-order valence-electron chi connectivity index (χ2n) is 4.16. The zero-order chi connectivity index (χ0) is 11.2. The van der Waals surface area contributed by atoms with Gasteiger partial charge in [-0.3, -0.25) is 4.79 Å². The third-order valence-corrected chi connectivity index (χ3v) is 2.82. The largest absolute Gasteiger partial charge is 0.352 e. The minimum atomic E-state index is 0.127. The van der Waals surface area contributed by atoms with Gasteiger partial charge in [-0.15, -0.1) is 0 Å². The van der Waals surface area contributed by atoms with Crippen molar-refractivity contribution in [2.75, 3.05) is 13.1 Å². The van der Waals surface area contributed by atoms with E-state index in [0.717, 1.165) is 25.9 Å². The highest BCUT2D eigenvalue weighted by Crippen LogP contribution is 2.01. The topological polar surface area (TPSA) is 59.0 Å². The van der Waals surface area contributed by atoms with E-state index in [9.17, 15) is 4.79 Å². The van der Waals surface area contributed by atoms with Gasteiger partial charge in [-0.2, -0.15) is 0 Å². The summed E-state index contributed by atoms with van der Waals surface area (Å²) >= 11 is 0. The number of aryl methyl sites for hydroxylation is 1. The number of aromatic nitrogens is 2. The first-order valence-corrected chi connectivity index (χ1v) is 5.80. The van der Waals surface area contributed by atoms with Crippen LogP contribution < -0.4 is 10.6 Å². The van der Waals surface area contributed by atoms with Crippen LogP contribution in [0.15, 0.2) is 18.7 Å². The highest BCUT2D eigenvalue weighted by molar-refractivity contribution is 5.76. The molecule has 16 heavy (non-hydrogen) atoms. The molecule has 0 bridgehead atoms. The molecule has 1 atom stereocenters. The van der Waals surface area contributed by atoms with Crippen LogP contribution in [0, 0.1) is 0 Å². The molecule has 0 spiro atoms. The van der Waals surface area contributed by atoms with Crippen LogP contribution in [0.5, 0.6) is 0 Å². The lowest BCUT2D eigenvalue weighted by Gasteiger charge is -2.23. The van der Waals surface area contributed by atoms with Crippen molar-refractivity contribution in [1.82, 2.24) is 20.2 Å². The van der Waals surface area contributed by atoms with E-state index in [1.807, 2.05) is 10.8 Å². The summed E-state index contributed by atoms with van der Waals surface area (Å²) in [4.78, 5) is 15.6. The van der Waals surface area contributed by atoms with Crippen LogP contribution in [-0.4, -0.2) is 34.6 Å². The monoisotopic (exact) mass is 222 g/mol. The maximum atomic E-state index is 11.6. The fourth-order valence-electron chi connectivity index (χ4n) is 1.92. The van der Waals surface area contributed by atoms with E-state index in [1.165, 1.54) is 0 Å². The van der Waals surface area contributed by atoms with E-state index in [1.54, 1.807) is 12.5 Å². The molecule has 0 saturated carbocycles. The van der Waals surface area contributed by atoms with Gasteiger partial charge in [-0.25, -0.2) is 4.98 Å². The quantitative estimate of drug-likeness (QED) is 0.762. The van der Waals surface area contributed by atoms with Crippen LogP contribution in [0.3, 0.4) is 0 Å². The van der Waals surface area contributed by atoms with Crippen LogP contribution in [0.1, 0.15) is 19.3 Å². The highest BCUT2D eigenvalue weighted by Gasteiger charge is 2.14. The Labute approximate surface area is 95.2 Å². The lowest BCUT2D eigenvalue weighted by atomic mass is 10.1. The van der Waals surface area contributed by atoms with Crippen molar-refractivity contribution in [2.45, 2.75) is 31.8 Å². The summed E-state index contributed by atoms with van der Waals surface area (Å²) < 4.78 is 1.92. The molecule has 0 radical (unpaired) electrons. The van der Waals surface area contributed by atoms with Crippen LogP contribution in [0.4, 0.5) is 0 Å². The number of hydrogen-bond acceptors (Lipinski definition) is 3. The van der Waals surface area contributed by atoms with Crippen LogP contribution in [0.2, 0.25) is 0 Å². The van der Waals surface area contributed by atoms with Gasteiger partial charge in [0.1, 0.15) is 0 Å². The molecule has 1 fully saturated rings. The predicted molar refractivity (Wildman–Crippen MR) is 60.9 cm³/mol. The van der Waals surface area contributed by atoms with Crippen LogP contribution >= 0.6 is 0 Å². The Morgan fingerprint density at radius 3 is 3.25 bits per heavy atom. The number of carbonyl (C=O) groups is 1. The summed E-state index contributed by atoms with van der Waals surface area (Å²) in [7, 11) is 0.